The van der Waals surface area contributed by atoms with Gasteiger partial charge >= 0.3 is 0 Å². The van der Waals surface area contributed by atoms with E-state index in [1.165, 1.54) is 0 Å². The number of hydrogen-bond donors (Lipinski definition) is 1. The Hall–Kier alpha value is -2.62. The molecule has 3 aromatic rings. The number of benzene rings is 1. The van der Waals surface area contributed by atoms with Crippen LogP contribution in [0.15, 0.2) is 59.2 Å². The fourth-order valence-electron chi connectivity index (χ4n) is 1.77. The summed E-state index contributed by atoms with van der Waals surface area (Å²) in [5.74, 6) is 0.920. The lowest BCUT2D eigenvalue weighted by molar-refractivity contribution is 0.580. The molecule has 0 spiro atoms. The van der Waals surface area contributed by atoms with E-state index in [1.807, 2.05) is 48.5 Å². The second-order valence-corrected chi connectivity index (χ2v) is 3.84. The van der Waals surface area contributed by atoms with Crippen molar-refractivity contribution in [1.82, 2.24) is 9.97 Å². The lowest BCUT2D eigenvalue weighted by Gasteiger charge is -2.04. The molecule has 0 unspecified atom stereocenters. The zero-order valence-electron chi connectivity index (χ0n) is 9.58. The summed E-state index contributed by atoms with van der Waals surface area (Å²) in [4.78, 5) is 8.41. The maximum Gasteiger partial charge on any atom is 0.221 e. The lowest BCUT2D eigenvalue weighted by atomic mass is 10.1. The number of nitrogen functional groups attached to an aromatic ring is 1. The summed E-state index contributed by atoms with van der Waals surface area (Å²) in [5.41, 5.74) is 8.21. The molecule has 4 nitrogen and oxygen atoms in total. The Morgan fingerprint density at radius 3 is 2.39 bits per heavy atom. The second-order valence-electron chi connectivity index (χ2n) is 3.84. The fraction of sp³-hybridized carbons (Fsp3) is 0. The summed E-state index contributed by atoms with van der Waals surface area (Å²) in [6, 6.07) is 15.4. The number of rotatable bonds is 2. The molecule has 0 bridgehead atoms. The van der Waals surface area contributed by atoms with Crippen LogP contribution in [0.4, 0.5) is 5.95 Å². The molecule has 18 heavy (non-hydrogen) atoms. The molecule has 0 saturated heterocycles. The Bertz CT molecular complexity index is 648. The van der Waals surface area contributed by atoms with Crippen molar-refractivity contribution in [2.24, 2.45) is 0 Å². The first kappa shape index (κ1) is 10.5. The van der Waals surface area contributed by atoms with E-state index in [4.69, 9.17) is 10.2 Å². The largest absolute Gasteiger partial charge is 0.463 e. The minimum absolute atomic E-state index is 0.239. The number of furan rings is 1. The van der Waals surface area contributed by atoms with Gasteiger partial charge in [0.1, 0.15) is 5.69 Å². The molecule has 2 heterocycles. The Kier molecular flexibility index (Phi) is 2.53. The topological polar surface area (TPSA) is 64.9 Å². The number of aromatic nitrogens is 2. The maximum atomic E-state index is 5.74. The normalized spacial score (nSPS) is 10.4. The van der Waals surface area contributed by atoms with Gasteiger partial charge in [0.25, 0.3) is 0 Å². The van der Waals surface area contributed by atoms with Crippen LogP contribution in [0.2, 0.25) is 0 Å². The molecule has 0 aliphatic heterocycles. The molecule has 0 fully saturated rings. The van der Waals surface area contributed by atoms with Crippen LogP contribution in [0.3, 0.4) is 0 Å². The molecule has 0 aliphatic carbocycles. The van der Waals surface area contributed by atoms with E-state index in [2.05, 4.69) is 9.97 Å². The van der Waals surface area contributed by atoms with E-state index in [9.17, 15) is 0 Å². The minimum atomic E-state index is 0.239. The maximum absolute atomic E-state index is 5.74. The van der Waals surface area contributed by atoms with E-state index in [0.29, 0.717) is 11.5 Å². The third kappa shape index (κ3) is 1.96. The van der Waals surface area contributed by atoms with Gasteiger partial charge in [0, 0.05) is 5.56 Å². The van der Waals surface area contributed by atoms with Crippen LogP contribution in [0.1, 0.15) is 0 Å². The van der Waals surface area contributed by atoms with Crippen molar-refractivity contribution in [2.75, 3.05) is 5.73 Å². The molecule has 88 valence electrons. The highest BCUT2D eigenvalue weighted by molar-refractivity contribution is 5.66. The van der Waals surface area contributed by atoms with Crippen LogP contribution in [0, 0.1) is 0 Å². The average molecular weight is 237 g/mol. The molecule has 0 radical (unpaired) electrons. The quantitative estimate of drug-likeness (QED) is 0.744. The van der Waals surface area contributed by atoms with Crippen LogP contribution in [-0.4, -0.2) is 9.97 Å². The fourth-order valence-corrected chi connectivity index (χ4v) is 1.77. The second kappa shape index (κ2) is 4.33. The Morgan fingerprint density at radius 2 is 1.67 bits per heavy atom. The molecule has 1 aromatic carbocycles. The van der Waals surface area contributed by atoms with Gasteiger partial charge in [-0.05, 0) is 18.2 Å². The van der Waals surface area contributed by atoms with Gasteiger partial charge in [-0.3, -0.25) is 0 Å². The molecule has 0 saturated carbocycles. The summed E-state index contributed by atoms with van der Waals surface area (Å²) in [5, 5.41) is 0. The number of anilines is 1. The summed E-state index contributed by atoms with van der Waals surface area (Å²) < 4.78 is 5.32. The molecule has 3 rings (SSSR count). The van der Waals surface area contributed by atoms with Gasteiger partial charge in [0.15, 0.2) is 5.76 Å². The van der Waals surface area contributed by atoms with Gasteiger partial charge in [-0.2, -0.15) is 0 Å². The summed E-state index contributed by atoms with van der Waals surface area (Å²) in [7, 11) is 0. The number of hydrogen-bond acceptors (Lipinski definition) is 4. The Balaban J connectivity index is 2.12. The summed E-state index contributed by atoms with van der Waals surface area (Å²) >= 11 is 0. The first-order chi connectivity index (χ1) is 8.83. The van der Waals surface area contributed by atoms with Crippen molar-refractivity contribution in [3.05, 3.63) is 54.8 Å². The highest BCUT2D eigenvalue weighted by Crippen LogP contribution is 2.24. The third-order valence-electron chi connectivity index (χ3n) is 2.59. The van der Waals surface area contributed by atoms with Gasteiger partial charge in [-0.25, -0.2) is 9.97 Å². The van der Waals surface area contributed by atoms with Gasteiger partial charge < -0.3 is 10.2 Å². The molecule has 0 amide bonds. The molecular formula is C14H11N3O. The summed E-state index contributed by atoms with van der Waals surface area (Å²) in [6.45, 7) is 0. The SMILES string of the molecule is Nc1nc(-c2ccccc2)cc(-c2ccco2)n1. The van der Waals surface area contributed by atoms with Crippen molar-refractivity contribution in [3.63, 3.8) is 0 Å². The van der Waals surface area contributed by atoms with E-state index < -0.39 is 0 Å². The molecule has 4 heteroatoms. The van der Waals surface area contributed by atoms with Gasteiger partial charge in [-0.15, -0.1) is 0 Å². The highest BCUT2D eigenvalue weighted by atomic mass is 16.3. The van der Waals surface area contributed by atoms with Gasteiger partial charge in [-0.1, -0.05) is 30.3 Å². The van der Waals surface area contributed by atoms with Crippen LogP contribution < -0.4 is 5.73 Å². The van der Waals surface area contributed by atoms with E-state index in [0.717, 1.165) is 11.3 Å². The molecular weight excluding hydrogens is 226 g/mol. The van der Waals surface area contributed by atoms with Crippen molar-refractivity contribution < 1.29 is 4.42 Å². The van der Waals surface area contributed by atoms with Crippen LogP contribution in [-0.2, 0) is 0 Å². The van der Waals surface area contributed by atoms with Crippen LogP contribution in [0.5, 0.6) is 0 Å². The number of nitrogens with two attached hydrogens (primary N) is 1. The first-order valence-electron chi connectivity index (χ1n) is 5.57. The van der Waals surface area contributed by atoms with E-state index in [-0.39, 0.29) is 5.95 Å². The molecule has 2 aromatic heterocycles. The zero-order valence-corrected chi connectivity index (χ0v) is 9.58. The van der Waals surface area contributed by atoms with E-state index in [1.54, 1.807) is 6.26 Å². The smallest absolute Gasteiger partial charge is 0.221 e. The lowest BCUT2D eigenvalue weighted by Crippen LogP contribution is -1.98. The molecule has 0 atom stereocenters. The molecule has 2 N–H and O–H groups in total. The standard InChI is InChI=1S/C14H11N3O/c15-14-16-11(10-5-2-1-3-6-10)9-12(17-14)13-7-4-8-18-13/h1-9H,(H2,15,16,17). The minimum Gasteiger partial charge on any atom is -0.463 e. The zero-order chi connectivity index (χ0) is 12.4. The first-order valence-corrected chi connectivity index (χ1v) is 5.57. The van der Waals surface area contributed by atoms with Crippen molar-refractivity contribution in [3.8, 4) is 22.7 Å². The van der Waals surface area contributed by atoms with Crippen molar-refractivity contribution in [2.45, 2.75) is 0 Å². The summed E-state index contributed by atoms with van der Waals surface area (Å²) in [6.07, 6.45) is 1.61. The predicted octanol–water partition coefficient (Wildman–Crippen LogP) is 2.99. The van der Waals surface area contributed by atoms with Gasteiger partial charge in [0.05, 0.1) is 12.0 Å². The van der Waals surface area contributed by atoms with Crippen molar-refractivity contribution in [1.29, 1.82) is 0 Å². The Labute approximate surface area is 104 Å². The Morgan fingerprint density at radius 1 is 0.889 bits per heavy atom. The molecule has 0 aliphatic rings. The monoisotopic (exact) mass is 237 g/mol. The third-order valence-corrected chi connectivity index (χ3v) is 2.59. The van der Waals surface area contributed by atoms with Gasteiger partial charge in [0.2, 0.25) is 5.95 Å². The predicted molar refractivity (Wildman–Crippen MR) is 69.6 cm³/mol. The highest BCUT2D eigenvalue weighted by Gasteiger charge is 2.08. The van der Waals surface area contributed by atoms with Crippen LogP contribution in [0.25, 0.3) is 22.7 Å². The van der Waals surface area contributed by atoms with Crippen molar-refractivity contribution >= 4 is 5.95 Å². The van der Waals surface area contributed by atoms with Crippen LogP contribution >= 0.6 is 0 Å². The number of nitrogens with zero attached hydrogens (tertiary/aromatic N) is 2. The van der Waals surface area contributed by atoms with E-state index >= 15 is 0 Å². The average Bonchev–Trinajstić information content (AvgIpc) is 2.93.